The van der Waals surface area contributed by atoms with Crippen LogP contribution < -0.4 is 5.73 Å². The molecule has 0 fully saturated rings. The first-order valence-corrected chi connectivity index (χ1v) is 5.83. The molecule has 1 aromatic heterocycles. The predicted molar refractivity (Wildman–Crippen MR) is 70.9 cm³/mol. The second-order valence-electron chi connectivity index (χ2n) is 3.90. The lowest BCUT2D eigenvalue weighted by Crippen LogP contribution is -2.01. The zero-order valence-corrected chi connectivity index (χ0v) is 10.0. The van der Waals surface area contributed by atoms with E-state index < -0.39 is 0 Å². The number of rotatable bonds is 4. The summed E-state index contributed by atoms with van der Waals surface area (Å²) in [5.41, 5.74) is 9.17. The van der Waals surface area contributed by atoms with Gasteiger partial charge in [-0.25, -0.2) is 4.68 Å². The molecule has 1 heterocycles. The monoisotopic (exact) mass is 227 g/mol. The van der Waals surface area contributed by atoms with Gasteiger partial charge in [-0.05, 0) is 30.2 Å². The average Bonchev–Trinajstić information content (AvgIpc) is 2.90. The molecule has 0 unspecified atom stereocenters. The van der Waals surface area contributed by atoms with E-state index in [0.717, 1.165) is 12.1 Å². The van der Waals surface area contributed by atoms with Crippen molar-refractivity contribution in [3.05, 3.63) is 53.9 Å². The van der Waals surface area contributed by atoms with Gasteiger partial charge in [-0.15, -0.1) is 0 Å². The van der Waals surface area contributed by atoms with Gasteiger partial charge in [-0.1, -0.05) is 30.7 Å². The highest BCUT2D eigenvalue weighted by molar-refractivity contribution is 5.55. The Hall–Kier alpha value is -1.87. The summed E-state index contributed by atoms with van der Waals surface area (Å²) < 4.78 is 1.84. The first-order valence-electron chi connectivity index (χ1n) is 5.83. The van der Waals surface area contributed by atoms with Crippen LogP contribution in [0.4, 0.5) is 0 Å². The molecule has 1 aromatic carbocycles. The SMILES string of the molecule is CCC(=Cc1ccc(-n2cccn2)cc1)CN. The number of hydrogen-bond donors (Lipinski definition) is 1. The number of aromatic nitrogens is 2. The molecule has 0 amide bonds. The quantitative estimate of drug-likeness (QED) is 0.872. The Morgan fingerprint density at radius 2 is 2.12 bits per heavy atom. The van der Waals surface area contributed by atoms with Crippen molar-refractivity contribution in [2.75, 3.05) is 6.54 Å². The van der Waals surface area contributed by atoms with E-state index in [-0.39, 0.29) is 0 Å². The highest BCUT2D eigenvalue weighted by atomic mass is 15.3. The smallest absolute Gasteiger partial charge is 0.0645 e. The molecule has 2 aromatic rings. The second-order valence-corrected chi connectivity index (χ2v) is 3.90. The molecule has 2 rings (SSSR count). The lowest BCUT2D eigenvalue weighted by atomic mass is 10.1. The van der Waals surface area contributed by atoms with Crippen molar-refractivity contribution < 1.29 is 0 Å². The van der Waals surface area contributed by atoms with Crippen LogP contribution in [0, 0.1) is 0 Å². The fraction of sp³-hybridized carbons (Fsp3) is 0.214. The minimum absolute atomic E-state index is 0.622. The summed E-state index contributed by atoms with van der Waals surface area (Å²) >= 11 is 0. The number of nitrogens with zero attached hydrogens (tertiary/aromatic N) is 2. The van der Waals surface area contributed by atoms with Crippen molar-refractivity contribution in [1.82, 2.24) is 9.78 Å². The summed E-state index contributed by atoms with van der Waals surface area (Å²) in [5.74, 6) is 0. The van der Waals surface area contributed by atoms with Crippen molar-refractivity contribution in [3.63, 3.8) is 0 Å². The van der Waals surface area contributed by atoms with Gasteiger partial charge in [0.15, 0.2) is 0 Å². The molecule has 2 N–H and O–H groups in total. The molecule has 0 atom stereocenters. The van der Waals surface area contributed by atoms with Crippen LogP contribution in [-0.4, -0.2) is 16.3 Å². The Morgan fingerprint density at radius 3 is 2.65 bits per heavy atom. The standard InChI is InChI=1S/C14H17N3/c1-2-12(11-15)10-13-4-6-14(7-5-13)17-9-3-8-16-17/h3-10H,2,11,15H2,1H3. The van der Waals surface area contributed by atoms with Crippen LogP contribution in [0.3, 0.4) is 0 Å². The van der Waals surface area contributed by atoms with Crippen LogP contribution in [0.1, 0.15) is 18.9 Å². The van der Waals surface area contributed by atoms with Gasteiger partial charge in [0.1, 0.15) is 0 Å². The predicted octanol–water partition coefficient (Wildman–Crippen LogP) is 2.62. The van der Waals surface area contributed by atoms with Crippen molar-refractivity contribution in [1.29, 1.82) is 0 Å². The van der Waals surface area contributed by atoms with Crippen molar-refractivity contribution >= 4 is 6.08 Å². The van der Waals surface area contributed by atoms with Gasteiger partial charge in [0.2, 0.25) is 0 Å². The van der Waals surface area contributed by atoms with E-state index in [0.29, 0.717) is 6.54 Å². The molecule has 0 aliphatic rings. The highest BCUT2D eigenvalue weighted by Crippen LogP contribution is 2.12. The van der Waals surface area contributed by atoms with Crippen molar-refractivity contribution in [2.45, 2.75) is 13.3 Å². The highest BCUT2D eigenvalue weighted by Gasteiger charge is 1.96. The summed E-state index contributed by atoms with van der Waals surface area (Å²) in [6.07, 6.45) is 6.85. The topological polar surface area (TPSA) is 43.8 Å². The van der Waals surface area contributed by atoms with Crippen LogP contribution >= 0.6 is 0 Å². The third-order valence-corrected chi connectivity index (χ3v) is 2.75. The Kier molecular flexibility index (Phi) is 3.73. The molecule has 0 saturated carbocycles. The van der Waals surface area contributed by atoms with Crippen molar-refractivity contribution in [3.8, 4) is 5.69 Å². The van der Waals surface area contributed by atoms with Crippen molar-refractivity contribution in [2.24, 2.45) is 5.73 Å². The molecular formula is C14H17N3. The molecule has 0 bridgehead atoms. The molecule has 17 heavy (non-hydrogen) atoms. The first kappa shape index (κ1) is 11.6. The second kappa shape index (κ2) is 5.46. The Balaban J connectivity index is 2.21. The summed E-state index contributed by atoms with van der Waals surface area (Å²) in [7, 11) is 0. The van der Waals surface area contributed by atoms with E-state index in [1.165, 1.54) is 11.1 Å². The number of benzene rings is 1. The summed E-state index contributed by atoms with van der Waals surface area (Å²) in [5, 5.41) is 4.19. The van der Waals surface area contributed by atoms with Gasteiger partial charge in [0.25, 0.3) is 0 Å². The molecule has 0 radical (unpaired) electrons. The molecule has 3 heteroatoms. The fourth-order valence-corrected chi connectivity index (χ4v) is 1.69. The molecule has 0 aliphatic heterocycles. The molecule has 0 saturated heterocycles. The van der Waals surface area contributed by atoms with Gasteiger partial charge in [-0.3, -0.25) is 0 Å². The fourth-order valence-electron chi connectivity index (χ4n) is 1.69. The third-order valence-electron chi connectivity index (χ3n) is 2.75. The van der Waals surface area contributed by atoms with Crippen LogP contribution in [0.25, 0.3) is 11.8 Å². The zero-order valence-electron chi connectivity index (χ0n) is 10.0. The van der Waals surface area contributed by atoms with E-state index in [1.807, 2.05) is 16.9 Å². The first-order chi connectivity index (χ1) is 8.33. The maximum Gasteiger partial charge on any atom is 0.0645 e. The van der Waals surface area contributed by atoms with Gasteiger partial charge < -0.3 is 5.73 Å². The maximum atomic E-state index is 5.66. The molecule has 0 aliphatic carbocycles. The minimum atomic E-state index is 0.622. The van der Waals surface area contributed by atoms with Crippen LogP contribution in [0.5, 0.6) is 0 Å². The third kappa shape index (κ3) is 2.82. The molecule has 88 valence electrons. The van der Waals surface area contributed by atoms with Gasteiger partial charge in [0, 0.05) is 18.9 Å². The van der Waals surface area contributed by atoms with Gasteiger partial charge in [0.05, 0.1) is 5.69 Å². The van der Waals surface area contributed by atoms with Crippen LogP contribution in [-0.2, 0) is 0 Å². The van der Waals surface area contributed by atoms with E-state index in [9.17, 15) is 0 Å². The van der Waals surface area contributed by atoms with E-state index in [2.05, 4.69) is 42.4 Å². The normalized spacial score (nSPS) is 11.8. The Labute approximate surface area is 102 Å². The Morgan fingerprint density at radius 1 is 1.35 bits per heavy atom. The van der Waals surface area contributed by atoms with E-state index >= 15 is 0 Å². The van der Waals surface area contributed by atoms with E-state index in [4.69, 9.17) is 5.73 Å². The molecule has 3 nitrogen and oxygen atoms in total. The van der Waals surface area contributed by atoms with Crippen LogP contribution in [0.15, 0.2) is 48.3 Å². The average molecular weight is 227 g/mol. The van der Waals surface area contributed by atoms with Gasteiger partial charge in [-0.2, -0.15) is 5.10 Å². The summed E-state index contributed by atoms with van der Waals surface area (Å²) in [4.78, 5) is 0. The maximum absolute atomic E-state index is 5.66. The van der Waals surface area contributed by atoms with Crippen LogP contribution in [0.2, 0.25) is 0 Å². The van der Waals surface area contributed by atoms with E-state index in [1.54, 1.807) is 6.20 Å². The number of nitrogens with two attached hydrogens (primary N) is 1. The van der Waals surface area contributed by atoms with Gasteiger partial charge >= 0.3 is 0 Å². The summed E-state index contributed by atoms with van der Waals surface area (Å²) in [6, 6.07) is 10.2. The molecular weight excluding hydrogens is 210 g/mol. The molecule has 0 spiro atoms. The Bertz CT molecular complexity index is 475. The summed E-state index contributed by atoms with van der Waals surface area (Å²) in [6.45, 7) is 2.74. The largest absolute Gasteiger partial charge is 0.327 e. The zero-order chi connectivity index (χ0) is 12.1. The lowest BCUT2D eigenvalue weighted by molar-refractivity contribution is 0.880. The number of hydrogen-bond acceptors (Lipinski definition) is 2. The lowest BCUT2D eigenvalue weighted by Gasteiger charge is -2.03. The minimum Gasteiger partial charge on any atom is -0.327 e.